The van der Waals surface area contributed by atoms with Gasteiger partial charge in [-0.25, -0.2) is 14.2 Å². The minimum absolute atomic E-state index is 0.0386. The fraction of sp³-hybridized carbons (Fsp3) is 0.105. The van der Waals surface area contributed by atoms with Gasteiger partial charge in [0, 0.05) is 10.9 Å². The number of aromatic nitrogens is 1. The van der Waals surface area contributed by atoms with E-state index in [9.17, 15) is 14.0 Å². The van der Waals surface area contributed by atoms with Crippen molar-refractivity contribution in [3.05, 3.63) is 71.0 Å². The number of anilines is 1. The number of carbonyl (C=O) groups is 2. The fourth-order valence-corrected chi connectivity index (χ4v) is 2.99. The van der Waals surface area contributed by atoms with Gasteiger partial charge in [0.25, 0.3) is 5.91 Å². The van der Waals surface area contributed by atoms with Crippen LogP contribution in [0.25, 0.3) is 10.6 Å². The Morgan fingerprint density at radius 3 is 2.69 bits per heavy atom. The number of halogens is 1. The van der Waals surface area contributed by atoms with Gasteiger partial charge in [0.15, 0.2) is 12.3 Å². The van der Waals surface area contributed by atoms with E-state index in [0.717, 1.165) is 11.1 Å². The molecule has 1 aromatic heterocycles. The van der Waals surface area contributed by atoms with Crippen molar-refractivity contribution in [1.82, 2.24) is 4.98 Å². The molecule has 26 heavy (non-hydrogen) atoms. The number of carbonyl (C=O) groups excluding carboxylic acids is 2. The second-order valence-corrected chi connectivity index (χ2v) is 6.37. The molecular weight excluding hydrogens is 355 g/mol. The van der Waals surface area contributed by atoms with Gasteiger partial charge >= 0.3 is 5.97 Å². The van der Waals surface area contributed by atoms with Gasteiger partial charge in [-0.1, -0.05) is 36.4 Å². The lowest BCUT2D eigenvalue weighted by Gasteiger charge is -2.07. The van der Waals surface area contributed by atoms with Gasteiger partial charge in [-0.15, -0.1) is 11.3 Å². The minimum Gasteiger partial charge on any atom is -0.451 e. The molecule has 132 valence electrons. The topological polar surface area (TPSA) is 68.3 Å². The van der Waals surface area contributed by atoms with E-state index >= 15 is 0 Å². The van der Waals surface area contributed by atoms with Gasteiger partial charge in [-0.2, -0.15) is 0 Å². The van der Waals surface area contributed by atoms with Crippen LogP contribution in [0.4, 0.5) is 10.1 Å². The predicted molar refractivity (Wildman–Crippen MR) is 97.6 cm³/mol. The Morgan fingerprint density at radius 2 is 1.96 bits per heavy atom. The molecule has 3 aromatic rings. The Kier molecular flexibility index (Phi) is 5.38. The summed E-state index contributed by atoms with van der Waals surface area (Å²) >= 11 is 1.31. The number of hydrogen-bond donors (Lipinski definition) is 1. The van der Waals surface area contributed by atoms with Gasteiger partial charge in [-0.3, -0.25) is 4.79 Å². The van der Waals surface area contributed by atoms with E-state index in [-0.39, 0.29) is 11.4 Å². The summed E-state index contributed by atoms with van der Waals surface area (Å²) < 4.78 is 18.7. The van der Waals surface area contributed by atoms with Crippen LogP contribution in [0.15, 0.2) is 53.9 Å². The van der Waals surface area contributed by atoms with E-state index in [1.165, 1.54) is 23.5 Å². The molecule has 0 aliphatic heterocycles. The summed E-state index contributed by atoms with van der Waals surface area (Å²) in [6, 6.07) is 13.9. The predicted octanol–water partition coefficient (Wildman–Crippen LogP) is 4.05. The SMILES string of the molecule is Cc1ccc(NC(=O)COC(=O)c2csc(-c3ccccc3)n2)c(F)c1. The Bertz CT molecular complexity index is 941. The standard InChI is InChI=1S/C19H15FN2O3S/c1-12-7-8-15(14(20)9-12)21-17(23)10-25-19(24)16-11-26-18(22-16)13-5-3-2-4-6-13/h2-9,11H,10H2,1H3,(H,21,23). The number of ether oxygens (including phenoxy) is 1. The highest BCUT2D eigenvalue weighted by atomic mass is 32.1. The molecule has 0 saturated heterocycles. The summed E-state index contributed by atoms with van der Waals surface area (Å²) in [5.74, 6) is -1.88. The van der Waals surface area contributed by atoms with Crippen molar-refractivity contribution >= 4 is 28.9 Å². The molecule has 0 fully saturated rings. The quantitative estimate of drug-likeness (QED) is 0.688. The average Bonchev–Trinajstić information content (AvgIpc) is 3.13. The van der Waals surface area contributed by atoms with Crippen LogP contribution in [-0.4, -0.2) is 23.5 Å². The summed E-state index contributed by atoms with van der Waals surface area (Å²) in [7, 11) is 0. The maximum Gasteiger partial charge on any atom is 0.358 e. The largest absolute Gasteiger partial charge is 0.451 e. The molecule has 1 N–H and O–H groups in total. The molecule has 0 aliphatic carbocycles. The number of nitrogens with one attached hydrogen (secondary N) is 1. The van der Waals surface area contributed by atoms with Crippen LogP contribution in [-0.2, 0) is 9.53 Å². The number of benzene rings is 2. The maximum absolute atomic E-state index is 13.7. The maximum atomic E-state index is 13.7. The van der Waals surface area contributed by atoms with Gasteiger partial charge in [-0.05, 0) is 24.6 Å². The zero-order valence-corrected chi connectivity index (χ0v) is 14.7. The molecule has 0 saturated carbocycles. The van der Waals surface area contributed by atoms with E-state index < -0.39 is 24.3 Å². The van der Waals surface area contributed by atoms with Crippen LogP contribution in [0.5, 0.6) is 0 Å². The molecule has 1 amide bonds. The molecule has 1 heterocycles. The van der Waals surface area contributed by atoms with Crippen LogP contribution in [0, 0.1) is 12.7 Å². The highest BCUT2D eigenvalue weighted by molar-refractivity contribution is 7.13. The fourth-order valence-electron chi connectivity index (χ4n) is 2.19. The molecule has 0 unspecified atom stereocenters. The van der Waals surface area contributed by atoms with Crippen molar-refractivity contribution in [2.75, 3.05) is 11.9 Å². The van der Waals surface area contributed by atoms with Crippen LogP contribution in [0.1, 0.15) is 16.1 Å². The first-order chi connectivity index (χ1) is 12.5. The molecule has 0 atom stereocenters. The summed E-state index contributed by atoms with van der Waals surface area (Å²) in [4.78, 5) is 28.1. The number of amides is 1. The third-order valence-electron chi connectivity index (χ3n) is 3.47. The van der Waals surface area contributed by atoms with Crippen molar-refractivity contribution in [2.45, 2.75) is 6.92 Å². The molecule has 0 aliphatic rings. The minimum atomic E-state index is -0.706. The lowest BCUT2D eigenvalue weighted by atomic mass is 10.2. The second kappa shape index (κ2) is 7.88. The van der Waals surface area contributed by atoms with Crippen LogP contribution < -0.4 is 5.32 Å². The van der Waals surface area contributed by atoms with E-state index in [2.05, 4.69) is 10.3 Å². The van der Waals surface area contributed by atoms with Gasteiger partial charge in [0.1, 0.15) is 10.8 Å². The van der Waals surface area contributed by atoms with Gasteiger partial charge in [0.2, 0.25) is 0 Å². The summed E-state index contributed by atoms with van der Waals surface area (Å²) in [6.07, 6.45) is 0. The smallest absolute Gasteiger partial charge is 0.358 e. The molecule has 7 heteroatoms. The molecule has 5 nitrogen and oxygen atoms in total. The lowest BCUT2D eigenvalue weighted by Crippen LogP contribution is -2.21. The number of nitrogens with zero attached hydrogens (tertiary/aromatic N) is 1. The van der Waals surface area contributed by atoms with Crippen molar-refractivity contribution < 1.29 is 18.7 Å². The first-order valence-electron chi connectivity index (χ1n) is 7.77. The van der Waals surface area contributed by atoms with E-state index in [0.29, 0.717) is 5.01 Å². The lowest BCUT2D eigenvalue weighted by molar-refractivity contribution is -0.119. The van der Waals surface area contributed by atoms with Crippen molar-refractivity contribution in [2.24, 2.45) is 0 Å². The molecule has 0 spiro atoms. The normalized spacial score (nSPS) is 10.4. The summed E-state index contributed by atoms with van der Waals surface area (Å²) in [6.45, 7) is 1.22. The van der Waals surface area contributed by atoms with E-state index in [4.69, 9.17) is 4.74 Å². The third kappa shape index (κ3) is 4.31. The Hall–Kier alpha value is -3.06. The van der Waals surface area contributed by atoms with Crippen LogP contribution in [0.3, 0.4) is 0 Å². The number of thiazole rings is 1. The molecule has 0 radical (unpaired) electrons. The zero-order chi connectivity index (χ0) is 18.5. The van der Waals surface area contributed by atoms with Crippen molar-refractivity contribution in [3.63, 3.8) is 0 Å². The monoisotopic (exact) mass is 370 g/mol. The summed E-state index contributed by atoms with van der Waals surface area (Å²) in [5.41, 5.74) is 1.80. The Balaban J connectivity index is 1.57. The van der Waals surface area contributed by atoms with Gasteiger partial charge in [0.05, 0.1) is 5.69 Å². The summed E-state index contributed by atoms with van der Waals surface area (Å²) in [5, 5.41) is 4.62. The highest BCUT2D eigenvalue weighted by Gasteiger charge is 2.15. The second-order valence-electron chi connectivity index (χ2n) is 5.51. The molecule has 0 bridgehead atoms. The number of rotatable bonds is 5. The highest BCUT2D eigenvalue weighted by Crippen LogP contribution is 2.23. The third-order valence-corrected chi connectivity index (χ3v) is 4.36. The first kappa shape index (κ1) is 17.8. The van der Waals surface area contributed by atoms with Crippen molar-refractivity contribution in [1.29, 1.82) is 0 Å². The number of aryl methyl sites for hydroxylation is 1. The van der Waals surface area contributed by atoms with Crippen LogP contribution >= 0.6 is 11.3 Å². The molecule has 3 rings (SSSR count). The zero-order valence-electron chi connectivity index (χ0n) is 13.9. The molecule has 2 aromatic carbocycles. The van der Waals surface area contributed by atoms with Crippen LogP contribution in [0.2, 0.25) is 0 Å². The van der Waals surface area contributed by atoms with E-state index in [1.54, 1.807) is 18.4 Å². The average molecular weight is 370 g/mol. The van der Waals surface area contributed by atoms with Crippen molar-refractivity contribution in [3.8, 4) is 10.6 Å². The van der Waals surface area contributed by atoms with E-state index in [1.807, 2.05) is 30.3 Å². The van der Waals surface area contributed by atoms with Gasteiger partial charge < -0.3 is 10.1 Å². The number of esters is 1. The molecular formula is C19H15FN2O3S. The first-order valence-corrected chi connectivity index (χ1v) is 8.65. The number of hydrogen-bond acceptors (Lipinski definition) is 5. The Morgan fingerprint density at radius 1 is 1.19 bits per heavy atom. The Labute approximate surface area is 153 Å².